The predicted molar refractivity (Wildman–Crippen MR) is 54.6 cm³/mol. The standard InChI is InChI=1S/C10H15N3O3/c1-13-5-2-7(14)6(13)4-10(3-5)8(15)11-9(16)12-10/h5-7,14H,2-4H2,1H3,(H2,11,12,15,16)/t5-,6-,7+,10?/m1/s1. The Bertz CT molecular complexity index is 372. The second-order valence-electron chi connectivity index (χ2n) is 5.09. The minimum Gasteiger partial charge on any atom is -0.391 e. The Morgan fingerprint density at radius 1 is 1.44 bits per heavy atom. The SMILES string of the molecule is CN1[C@@H]2C[C@H](O)[C@H]1CC1(C2)NC(=O)NC1=O. The third-order valence-corrected chi connectivity index (χ3v) is 4.21. The minimum atomic E-state index is -0.781. The number of amides is 3. The molecule has 0 aromatic carbocycles. The van der Waals surface area contributed by atoms with Crippen LogP contribution in [0.2, 0.25) is 0 Å². The second-order valence-corrected chi connectivity index (χ2v) is 5.09. The summed E-state index contributed by atoms with van der Waals surface area (Å²) in [5.74, 6) is -0.241. The lowest BCUT2D eigenvalue weighted by molar-refractivity contribution is -0.126. The summed E-state index contributed by atoms with van der Waals surface area (Å²) in [7, 11) is 1.97. The van der Waals surface area contributed by atoms with Gasteiger partial charge >= 0.3 is 6.03 Å². The van der Waals surface area contributed by atoms with Crippen LogP contribution in [-0.2, 0) is 4.79 Å². The van der Waals surface area contributed by atoms with Crippen LogP contribution in [0.3, 0.4) is 0 Å². The number of carbonyl (C=O) groups excluding carboxylic acids is 2. The van der Waals surface area contributed by atoms with E-state index in [9.17, 15) is 14.7 Å². The third-order valence-electron chi connectivity index (χ3n) is 4.21. The lowest BCUT2D eigenvalue weighted by Gasteiger charge is -2.41. The highest BCUT2D eigenvalue weighted by atomic mass is 16.3. The van der Waals surface area contributed by atoms with E-state index in [0.717, 1.165) is 0 Å². The molecule has 3 amide bonds. The molecule has 0 saturated carbocycles. The van der Waals surface area contributed by atoms with E-state index >= 15 is 0 Å². The van der Waals surface area contributed by atoms with Crippen molar-refractivity contribution in [2.75, 3.05) is 7.05 Å². The zero-order chi connectivity index (χ0) is 11.5. The molecule has 0 radical (unpaired) electrons. The van der Waals surface area contributed by atoms with Gasteiger partial charge in [0.05, 0.1) is 6.10 Å². The number of nitrogens with one attached hydrogen (secondary N) is 2. The number of piperidine rings is 1. The highest BCUT2D eigenvalue weighted by molar-refractivity contribution is 6.07. The Morgan fingerprint density at radius 3 is 2.75 bits per heavy atom. The summed E-state index contributed by atoms with van der Waals surface area (Å²) in [5.41, 5.74) is -0.781. The van der Waals surface area contributed by atoms with E-state index in [4.69, 9.17) is 0 Å². The van der Waals surface area contributed by atoms with Crippen LogP contribution in [0.5, 0.6) is 0 Å². The molecule has 6 nitrogen and oxygen atoms in total. The molecule has 3 saturated heterocycles. The topological polar surface area (TPSA) is 81.7 Å². The van der Waals surface area contributed by atoms with Crippen molar-refractivity contribution in [2.45, 2.75) is 43.0 Å². The van der Waals surface area contributed by atoms with Crippen molar-refractivity contribution in [2.24, 2.45) is 0 Å². The molecular weight excluding hydrogens is 210 g/mol. The van der Waals surface area contributed by atoms with Gasteiger partial charge in [0.2, 0.25) is 0 Å². The molecule has 3 aliphatic heterocycles. The molecule has 3 heterocycles. The largest absolute Gasteiger partial charge is 0.391 e. The number of hydrogen-bond donors (Lipinski definition) is 3. The van der Waals surface area contributed by atoms with Gasteiger partial charge in [-0.2, -0.15) is 0 Å². The van der Waals surface area contributed by atoms with Gasteiger partial charge in [0.15, 0.2) is 0 Å². The number of likely N-dealkylation sites (N-methyl/N-ethyl adjacent to an activating group) is 1. The lowest BCUT2D eigenvalue weighted by atomic mass is 9.83. The molecule has 1 unspecified atom stereocenters. The average Bonchev–Trinajstić information content (AvgIpc) is 2.54. The number of fused-ring (bicyclic) bond motifs is 2. The molecule has 0 aromatic rings. The number of rotatable bonds is 0. The molecule has 3 aliphatic rings. The quantitative estimate of drug-likeness (QED) is 0.452. The Labute approximate surface area is 93.0 Å². The van der Waals surface area contributed by atoms with Gasteiger partial charge < -0.3 is 10.4 Å². The Kier molecular flexibility index (Phi) is 1.85. The third kappa shape index (κ3) is 1.14. The molecule has 3 N–H and O–H groups in total. The molecule has 6 heteroatoms. The predicted octanol–water partition coefficient (Wildman–Crippen LogP) is -1.21. The van der Waals surface area contributed by atoms with Gasteiger partial charge in [-0.1, -0.05) is 0 Å². The smallest absolute Gasteiger partial charge is 0.322 e. The van der Waals surface area contributed by atoms with E-state index in [-0.39, 0.29) is 24.1 Å². The van der Waals surface area contributed by atoms with Crippen molar-refractivity contribution in [1.29, 1.82) is 0 Å². The highest BCUT2D eigenvalue weighted by Crippen LogP contribution is 2.41. The van der Waals surface area contributed by atoms with Crippen LogP contribution in [-0.4, -0.2) is 52.7 Å². The van der Waals surface area contributed by atoms with Gasteiger partial charge in [0, 0.05) is 12.1 Å². The van der Waals surface area contributed by atoms with E-state index in [2.05, 4.69) is 15.5 Å². The van der Waals surface area contributed by atoms with E-state index in [1.807, 2.05) is 7.05 Å². The molecule has 16 heavy (non-hydrogen) atoms. The van der Waals surface area contributed by atoms with Crippen molar-refractivity contribution in [3.05, 3.63) is 0 Å². The van der Waals surface area contributed by atoms with Crippen molar-refractivity contribution < 1.29 is 14.7 Å². The van der Waals surface area contributed by atoms with Gasteiger partial charge in [0.1, 0.15) is 5.54 Å². The van der Waals surface area contributed by atoms with Crippen LogP contribution >= 0.6 is 0 Å². The van der Waals surface area contributed by atoms with Gasteiger partial charge in [-0.25, -0.2) is 4.79 Å². The zero-order valence-electron chi connectivity index (χ0n) is 9.06. The number of nitrogens with zero attached hydrogens (tertiary/aromatic N) is 1. The molecule has 0 aromatic heterocycles. The average molecular weight is 225 g/mol. The fourth-order valence-corrected chi connectivity index (χ4v) is 3.31. The van der Waals surface area contributed by atoms with Gasteiger partial charge in [0.25, 0.3) is 5.91 Å². The minimum absolute atomic E-state index is 0.0251. The molecule has 3 fully saturated rings. The first-order valence-electron chi connectivity index (χ1n) is 5.55. The van der Waals surface area contributed by atoms with E-state index in [0.29, 0.717) is 19.3 Å². The molecule has 88 valence electrons. The first kappa shape index (κ1) is 10.0. The fraction of sp³-hybridized carbons (Fsp3) is 0.800. The zero-order valence-corrected chi connectivity index (χ0v) is 9.06. The van der Waals surface area contributed by atoms with Crippen molar-refractivity contribution in [3.63, 3.8) is 0 Å². The number of imide groups is 1. The summed E-state index contributed by atoms with van der Waals surface area (Å²) in [6.07, 6.45) is 1.39. The van der Waals surface area contributed by atoms with Crippen LogP contribution in [0.4, 0.5) is 4.79 Å². The number of urea groups is 1. The molecule has 2 bridgehead atoms. The Hall–Kier alpha value is -1.14. The van der Waals surface area contributed by atoms with Crippen molar-refractivity contribution in [1.82, 2.24) is 15.5 Å². The maximum absolute atomic E-state index is 11.8. The number of carbonyl (C=O) groups is 2. The summed E-state index contributed by atoms with van der Waals surface area (Å²) >= 11 is 0. The Morgan fingerprint density at radius 2 is 2.19 bits per heavy atom. The van der Waals surface area contributed by atoms with Crippen LogP contribution < -0.4 is 10.6 Å². The molecular formula is C10H15N3O3. The maximum atomic E-state index is 11.8. The van der Waals surface area contributed by atoms with Gasteiger partial charge in [-0.15, -0.1) is 0 Å². The first-order valence-corrected chi connectivity index (χ1v) is 5.55. The van der Waals surface area contributed by atoms with Crippen LogP contribution in [0.25, 0.3) is 0 Å². The summed E-state index contributed by atoms with van der Waals surface area (Å²) < 4.78 is 0. The summed E-state index contributed by atoms with van der Waals surface area (Å²) in [6, 6.07) is -0.260. The molecule has 1 spiro atoms. The van der Waals surface area contributed by atoms with E-state index < -0.39 is 11.6 Å². The van der Waals surface area contributed by atoms with Gasteiger partial charge in [-0.05, 0) is 26.3 Å². The van der Waals surface area contributed by atoms with Crippen LogP contribution in [0, 0.1) is 0 Å². The normalized spacial score (nSPS) is 47.2. The van der Waals surface area contributed by atoms with E-state index in [1.165, 1.54) is 0 Å². The number of aliphatic hydroxyl groups is 1. The fourth-order valence-electron chi connectivity index (χ4n) is 3.31. The maximum Gasteiger partial charge on any atom is 0.322 e. The van der Waals surface area contributed by atoms with Gasteiger partial charge in [-0.3, -0.25) is 15.0 Å². The van der Waals surface area contributed by atoms with Crippen LogP contribution in [0.1, 0.15) is 19.3 Å². The van der Waals surface area contributed by atoms with Crippen LogP contribution in [0.15, 0.2) is 0 Å². The summed E-state index contributed by atoms with van der Waals surface area (Å²) in [5, 5.41) is 14.9. The monoisotopic (exact) mass is 225 g/mol. The summed E-state index contributed by atoms with van der Waals surface area (Å²) in [6.45, 7) is 0. The second kappa shape index (κ2) is 2.95. The summed E-state index contributed by atoms with van der Waals surface area (Å²) in [4.78, 5) is 25.1. The van der Waals surface area contributed by atoms with Crippen molar-refractivity contribution in [3.8, 4) is 0 Å². The molecule has 4 atom stereocenters. The lowest BCUT2D eigenvalue weighted by Crippen LogP contribution is -2.58. The first-order chi connectivity index (χ1) is 7.52. The van der Waals surface area contributed by atoms with E-state index in [1.54, 1.807) is 0 Å². The Balaban J connectivity index is 1.91. The number of hydrogen-bond acceptors (Lipinski definition) is 4. The molecule has 0 aliphatic carbocycles. The van der Waals surface area contributed by atoms with Crippen molar-refractivity contribution >= 4 is 11.9 Å². The molecule has 3 rings (SSSR count). The number of aliphatic hydroxyl groups excluding tert-OH is 1. The highest BCUT2D eigenvalue weighted by Gasteiger charge is 2.57.